The molecule has 0 aliphatic heterocycles. The Morgan fingerprint density at radius 2 is 2.31 bits per heavy atom. The topological polar surface area (TPSA) is 55.1 Å². The number of nitrogens with zero attached hydrogens (tertiary/aromatic N) is 1. The van der Waals surface area contributed by atoms with E-state index in [1.807, 2.05) is 0 Å². The molecule has 0 radical (unpaired) electrons. The van der Waals surface area contributed by atoms with Gasteiger partial charge in [0.1, 0.15) is 17.8 Å². The average Bonchev–Trinajstić information content (AvgIpc) is 2.74. The lowest BCUT2D eigenvalue weighted by Gasteiger charge is -2.04. The summed E-state index contributed by atoms with van der Waals surface area (Å²) in [6.45, 7) is 1.79. The third-order valence-electron chi connectivity index (χ3n) is 2.06. The number of nitrogens with one attached hydrogen (secondary N) is 1. The molecule has 0 aliphatic rings. The van der Waals surface area contributed by atoms with Crippen LogP contribution in [0.4, 0.5) is 10.1 Å². The van der Waals surface area contributed by atoms with Gasteiger partial charge >= 0.3 is 0 Å². The molecule has 2 aromatic rings. The van der Waals surface area contributed by atoms with Gasteiger partial charge in [-0.3, -0.25) is 4.79 Å². The SMILES string of the molecule is Cc1ccc(F)c(C(=O)Nc2cnoc2)c1. The molecule has 1 aromatic carbocycles. The van der Waals surface area contributed by atoms with Crippen molar-refractivity contribution in [2.24, 2.45) is 0 Å². The Labute approximate surface area is 91.1 Å². The highest BCUT2D eigenvalue weighted by Crippen LogP contribution is 2.13. The van der Waals surface area contributed by atoms with Gasteiger partial charge in [0.2, 0.25) is 0 Å². The van der Waals surface area contributed by atoms with E-state index < -0.39 is 11.7 Å². The van der Waals surface area contributed by atoms with E-state index in [0.29, 0.717) is 5.69 Å². The normalized spacial score (nSPS) is 10.1. The molecule has 4 nitrogen and oxygen atoms in total. The van der Waals surface area contributed by atoms with Crippen molar-refractivity contribution in [1.82, 2.24) is 5.16 Å². The number of hydrogen-bond donors (Lipinski definition) is 1. The Balaban J connectivity index is 2.24. The Bertz CT molecular complexity index is 509. The molecule has 1 aromatic heterocycles. The maximum absolute atomic E-state index is 13.3. The Kier molecular flexibility index (Phi) is 2.68. The minimum atomic E-state index is -0.556. The highest BCUT2D eigenvalue weighted by Gasteiger charge is 2.12. The first kappa shape index (κ1) is 10.4. The average molecular weight is 220 g/mol. The number of hydrogen-bond acceptors (Lipinski definition) is 3. The molecule has 0 spiro atoms. The van der Waals surface area contributed by atoms with Crippen LogP contribution in [-0.2, 0) is 0 Å². The summed E-state index contributed by atoms with van der Waals surface area (Å²) in [5, 5.41) is 5.90. The van der Waals surface area contributed by atoms with Crippen LogP contribution >= 0.6 is 0 Å². The fourth-order valence-corrected chi connectivity index (χ4v) is 1.28. The lowest BCUT2D eigenvalue weighted by atomic mass is 10.1. The van der Waals surface area contributed by atoms with E-state index >= 15 is 0 Å². The molecule has 0 saturated carbocycles. The van der Waals surface area contributed by atoms with Gasteiger partial charge < -0.3 is 9.84 Å². The smallest absolute Gasteiger partial charge is 0.258 e. The van der Waals surface area contributed by atoms with E-state index in [2.05, 4.69) is 15.0 Å². The zero-order chi connectivity index (χ0) is 11.5. The second kappa shape index (κ2) is 4.14. The van der Waals surface area contributed by atoms with Crippen molar-refractivity contribution in [3.05, 3.63) is 47.6 Å². The molecular formula is C11H9FN2O2. The Morgan fingerprint density at radius 3 is 3.00 bits per heavy atom. The Hall–Kier alpha value is -2.17. The van der Waals surface area contributed by atoms with E-state index in [9.17, 15) is 9.18 Å². The number of benzene rings is 1. The van der Waals surface area contributed by atoms with Crippen LogP contribution in [0.2, 0.25) is 0 Å². The number of amides is 1. The number of aryl methyl sites for hydroxylation is 1. The minimum Gasteiger partial charge on any atom is -0.363 e. The summed E-state index contributed by atoms with van der Waals surface area (Å²) < 4.78 is 17.9. The van der Waals surface area contributed by atoms with E-state index in [1.165, 1.54) is 24.6 Å². The predicted octanol–water partition coefficient (Wildman–Crippen LogP) is 2.37. The molecule has 0 saturated heterocycles. The molecule has 5 heteroatoms. The third kappa shape index (κ3) is 2.08. The van der Waals surface area contributed by atoms with Gasteiger partial charge in [0, 0.05) is 0 Å². The van der Waals surface area contributed by atoms with Crippen LogP contribution in [0.5, 0.6) is 0 Å². The summed E-state index contributed by atoms with van der Waals surface area (Å²) in [6, 6.07) is 4.35. The number of halogens is 1. The zero-order valence-corrected chi connectivity index (χ0v) is 8.53. The molecule has 16 heavy (non-hydrogen) atoms. The van der Waals surface area contributed by atoms with Crippen molar-refractivity contribution in [2.45, 2.75) is 6.92 Å². The quantitative estimate of drug-likeness (QED) is 0.845. The molecule has 1 heterocycles. The van der Waals surface area contributed by atoms with Crippen LogP contribution in [0, 0.1) is 12.7 Å². The maximum atomic E-state index is 13.3. The van der Waals surface area contributed by atoms with Crippen molar-refractivity contribution in [1.29, 1.82) is 0 Å². The first-order valence-corrected chi connectivity index (χ1v) is 4.63. The van der Waals surface area contributed by atoms with Crippen LogP contribution in [0.25, 0.3) is 0 Å². The molecule has 1 N–H and O–H groups in total. The predicted molar refractivity (Wildman–Crippen MR) is 55.6 cm³/mol. The van der Waals surface area contributed by atoms with Crippen LogP contribution < -0.4 is 5.32 Å². The van der Waals surface area contributed by atoms with Crippen molar-refractivity contribution >= 4 is 11.6 Å². The molecule has 0 atom stereocenters. The first-order chi connectivity index (χ1) is 7.66. The van der Waals surface area contributed by atoms with Crippen LogP contribution in [-0.4, -0.2) is 11.1 Å². The van der Waals surface area contributed by atoms with Crippen LogP contribution in [0.15, 0.2) is 35.2 Å². The summed E-state index contributed by atoms with van der Waals surface area (Å²) in [5.74, 6) is -1.08. The summed E-state index contributed by atoms with van der Waals surface area (Å²) in [7, 11) is 0. The van der Waals surface area contributed by atoms with E-state index in [4.69, 9.17) is 0 Å². The second-order valence-electron chi connectivity index (χ2n) is 3.35. The summed E-state index contributed by atoms with van der Waals surface area (Å²) in [5.41, 5.74) is 1.21. The lowest BCUT2D eigenvalue weighted by Crippen LogP contribution is -2.13. The van der Waals surface area contributed by atoms with E-state index in [1.54, 1.807) is 13.0 Å². The first-order valence-electron chi connectivity index (χ1n) is 4.63. The lowest BCUT2D eigenvalue weighted by molar-refractivity contribution is 0.102. The largest absolute Gasteiger partial charge is 0.363 e. The van der Waals surface area contributed by atoms with Gasteiger partial charge in [0.25, 0.3) is 5.91 Å². The van der Waals surface area contributed by atoms with Crippen molar-refractivity contribution in [3.63, 3.8) is 0 Å². The second-order valence-corrected chi connectivity index (χ2v) is 3.35. The fourth-order valence-electron chi connectivity index (χ4n) is 1.28. The molecule has 0 bridgehead atoms. The zero-order valence-electron chi connectivity index (χ0n) is 8.53. The molecule has 0 aliphatic carbocycles. The van der Waals surface area contributed by atoms with E-state index in [0.717, 1.165) is 5.56 Å². The molecule has 82 valence electrons. The van der Waals surface area contributed by atoms with Crippen molar-refractivity contribution in [3.8, 4) is 0 Å². The number of rotatable bonds is 2. The van der Waals surface area contributed by atoms with Gasteiger partial charge in [-0.2, -0.15) is 0 Å². The summed E-state index contributed by atoms with van der Waals surface area (Å²) in [4.78, 5) is 11.7. The third-order valence-corrected chi connectivity index (χ3v) is 2.06. The van der Waals surface area contributed by atoms with Gasteiger partial charge in [-0.25, -0.2) is 4.39 Å². The van der Waals surface area contributed by atoms with Gasteiger partial charge in [-0.1, -0.05) is 16.8 Å². The summed E-state index contributed by atoms with van der Waals surface area (Å²) in [6.07, 6.45) is 2.61. The van der Waals surface area contributed by atoms with Gasteiger partial charge in [0.05, 0.1) is 11.8 Å². The van der Waals surface area contributed by atoms with Crippen molar-refractivity contribution in [2.75, 3.05) is 5.32 Å². The highest BCUT2D eigenvalue weighted by atomic mass is 19.1. The van der Waals surface area contributed by atoms with Crippen LogP contribution in [0.1, 0.15) is 15.9 Å². The molecular weight excluding hydrogens is 211 g/mol. The molecule has 1 amide bonds. The molecule has 0 fully saturated rings. The molecule has 2 rings (SSSR count). The van der Waals surface area contributed by atoms with E-state index in [-0.39, 0.29) is 5.56 Å². The fraction of sp³-hybridized carbons (Fsp3) is 0.0909. The number of aromatic nitrogens is 1. The van der Waals surface area contributed by atoms with Gasteiger partial charge in [-0.15, -0.1) is 0 Å². The monoisotopic (exact) mass is 220 g/mol. The number of anilines is 1. The number of carbonyl (C=O) groups excluding carboxylic acids is 1. The standard InChI is InChI=1S/C11H9FN2O2/c1-7-2-3-10(12)9(4-7)11(15)14-8-5-13-16-6-8/h2-6H,1H3,(H,14,15). The highest BCUT2D eigenvalue weighted by molar-refractivity contribution is 6.04. The molecule has 0 unspecified atom stereocenters. The van der Waals surface area contributed by atoms with Gasteiger partial charge in [0.15, 0.2) is 0 Å². The Morgan fingerprint density at radius 1 is 1.50 bits per heavy atom. The van der Waals surface area contributed by atoms with Crippen molar-refractivity contribution < 1.29 is 13.7 Å². The minimum absolute atomic E-state index is 0.00111. The van der Waals surface area contributed by atoms with Crippen LogP contribution in [0.3, 0.4) is 0 Å². The summed E-state index contributed by atoms with van der Waals surface area (Å²) >= 11 is 0. The maximum Gasteiger partial charge on any atom is 0.258 e. The van der Waals surface area contributed by atoms with Gasteiger partial charge in [-0.05, 0) is 19.1 Å². The number of carbonyl (C=O) groups is 1.